The van der Waals surface area contributed by atoms with Gasteiger partial charge in [-0.3, -0.25) is 0 Å². The summed E-state index contributed by atoms with van der Waals surface area (Å²) in [6, 6.07) is 5.17. The first kappa shape index (κ1) is 22.4. The van der Waals surface area contributed by atoms with Crippen LogP contribution >= 0.6 is 0 Å². The molecule has 1 saturated heterocycles. The van der Waals surface area contributed by atoms with Gasteiger partial charge in [-0.25, -0.2) is 9.59 Å². The van der Waals surface area contributed by atoms with E-state index in [0.29, 0.717) is 30.0 Å². The van der Waals surface area contributed by atoms with Crippen molar-refractivity contribution in [2.45, 2.75) is 84.3 Å². The molecule has 1 atom stereocenters. The topological polar surface area (TPSA) is 76.1 Å². The second-order valence-corrected chi connectivity index (χ2v) is 10.5. The highest BCUT2D eigenvalue weighted by Gasteiger charge is 2.33. The minimum atomic E-state index is -0.920. The van der Waals surface area contributed by atoms with Gasteiger partial charge in [-0.15, -0.1) is 0 Å². The van der Waals surface area contributed by atoms with E-state index >= 15 is 0 Å². The summed E-state index contributed by atoms with van der Waals surface area (Å²) in [5.41, 5.74) is 1.09. The van der Waals surface area contributed by atoms with E-state index < -0.39 is 11.6 Å². The van der Waals surface area contributed by atoms with Gasteiger partial charge in [0.15, 0.2) is 0 Å². The van der Waals surface area contributed by atoms with Crippen LogP contribution in [-0.2, 0) is 4.74 Å². The van der Waals surface area contributed by atoms with Crippen LogP contribution in [0.25, 0.3) is 0 Å². The van der Waals surface area contributed by atoms with Crippen molar-refractivity contribution < 1.29 is 24.2 Å². The maximum atomic E-state index is 12.3. The maximum Gasteiger partial charge on any atom is 0.410 e. The first-order chi connectivity index (χ1) is 13.9. The number of rotatable bonds is 4. The van der Waals surface area contributed by atoms with E-state index in [-0.39, 0.29) is 12.2 Å². The molecular formula is C24H35NO5. The van der Waals surface area contributed by atoms with Crippen molar-refractivity contribution >= 4 is 12.1 Å². The van der Waals surface area contributed by atoms with E-state index in [0.717, 1.165) is 43.4 Å². The van der Waals surface area contributed by atoms with Crippen molar-refractivity contribution in [1.29, 1.82) is 0 Å². The zero-order valence-corrected chi connectivity index (χ0v) is 18.9. The number of ether oxygens (including phenoxy) is 2. The summed E-state index contributed by atoms with van der Waals surface area (Å²) in [7, 11) is 0. The summed E-state index contributed by atoms with van der Waals surface area (Å²) in [5.74, 6) is 0.132. The van der Waals surface area contributed by atoms with Crippen LogP contribution in [0.1, 0.15) is 88.6 Å². The fourth-order valence-corrected chi connectivity index (χ4v) is 4.31. The van der Waals surface area contributed by atoms with E-state index in [2.05, 4.69) is 13.8 Å². The SMILES string of the molecule is CC1(C)CCC(c2cc(C(=O)O)ccc2OC2CCN(C(=O)OC(C)(C)C)C2)CC1. The van der Waals surface area contributed by atoms with E-state index in [1.807, 2.05) is 20.8 Å². The molecular weight excluding hydrogens is 382 g/mol. The molecule has 1 N–H and O–H groups in total. The molecule has 2 aliphatic rings. The first-order valence-corrected chi connectivity index (χ1v) is 11.0. The second kappa shape index (κ2) is 8.48. The Morgan fingerprint density at radius 2 is 1.80 bits per heavy atom. The fourth-order valence-electron chi connectivity index (χ4n) is 4.31. The highest BCUT2D eigenvalue weighted by atomic mass is 16.6. The Morgan fingerprint density at radius 1 is 1.13 bits per heavy atom. The number of amides is 1. The third-order valence-corrected chi connectivity index (χ3v) is 6.13. The van der Waals surface area contributed by atoms with Gasteiger partial charge in [0.1, 0.15) is 17.5 Å². The fraction of sp³-hybridized carbons (Fsp3) is 0.667. The quantitative estimate of drug-likeness (QED) is 0.704. The van der Waals surface area contributed by atoms with Crippen molar-refractivity contribution in [3.8, 4) is 5.75 Å². The lowest BCUT2D eigenvalue weighted by Crippen LogP contribution is -2.36. The van der Waals surface area contributed by atoms with E-state index in [1.54, 1.807) is 23.1 Å². The number of hydrogen-bond donors (Lipinski definition) is 1. The Morgan fingerprint density at radius 3 is 2.40 bits per heavy atom. The molecule has 1 amide bonds. The van der Waals surface area contributed by atoms with Gasteiger partial charge in [-0.1, -0.05) is 13.8 Å². The van der Waals surface area contributed by atoms with Gasteiger partial charge in [0.25, 0.3) is 0 Å². The molecule has 2 fully saturated rings. The lowest BCUT2D eigenvalue weighted by molar-refractivity contribution is 0.0275. The molecule has 0 radical (unpaired) electrons. The zero-order valence-electron chi connectivity index (χ0n) is 18.9. The zero-order chi connectivity index (χ0) is 22.1. The van der Waals surface area contributed by atoms with Gasteiger partial charge in [0, 0.05) is 13.0 Å². The van der Waals surface area contributed by atoms with Gasteiger partial charge < -0.3 is 19.5 Å². The summed E-state index contributed by atoms with van der Waals surface area (Å²) in [4.78, 5) is 25.5. The van der Waals surface area contributed by atoms with Crippen LogP contribution in [0.2, 0.25) is 0 Å². The number of benzene rings is 1. The molecule has 3 rings (SSSR count). The van der Waals surface area contributed by atoms with Crippen molar-refractivity contribution in [1.82, 2.24) is 4.90 Å². The number of nitrogens with zero attached hydrogens (tertiary/aromatic N) is 1. The van der Waals surface area contributed by atoms with E-state index in [9.17, 15) is 14.7 Å². The molecule has 6 heteroatoms. The summed E-state index contributed by atoms with van der Waals surface area (Å²) >= 11 is 0. The van der Waals surface area contributed by atoms with Crippen LogP contribution in [0, 0.1) is 5.41 Å². The standard InChI is InChI=1S/C24H35NO5/c1-23(2,3)30-22(28)25-13-10-18(15-25)29-20-7-6-17(21(26)27)14-19(20)16-8-11-24(4,5)12-9-16/h6-7,14,16,18H,8-13,15H2,1-5H3,(H,26,27). The van der Waals surface area contributed by atoms with Crippen LogP contribution < -0.4 is 4.74 Å². The average Bonchev–Trinajstić information content (AvgIpc) is 3.09. The summed E-state index contributed by atoms with van der Waals surface area (Å²) < 4.78 is 11.8. The predicted octanol–water partition coefficient (Wildman–Crippen LogP) is 5.46. The third kappa shape index (κ3) is 5.67. The Balaban J connectivity index is 1.73. The molecule has 1 saturated carbocycles. The number of carboxylic acids is 1. The minimum absolute atomic E-state index is 0.119. The number of carbonyl (C=O) groups is 2. The molecule has 0 aromatic heterocycles. The van der Waals surface area contributed by atoms with Crippen molar-refractivity contribution in [3.05, 3.63) is 29.3 Å². The Kier molecular flexibility index (Phi) is 6.34. The molecule has 166 valence electrons. The lowest BCUT2D eigenvalue weighted by Gasteiger charge is -2.35. The lowest BCUT2D eigenvalue weighted by atomic mass is 9.71. The highest BCUT2D eigenvalue weighted by molar-refractivity contribution is 5.88. The van der Waals surface area contributed by atoms with Gasteiger partial charge >= 0.3 is 12.1 Å². The van der Waals surface area contributed by atoms with Gasteiger partial charge in [-0.2, -0.15) is 0 Å². The summed E-state index contributed by atoms with van der Waals surface area (Å²) in [6.45, 7) is 11.2. The van der Waals surface area contributed by atoms with Crippen molar-refractivity contribution in [2.75, 3.05) is 13.1 Å². The molecule has 1 heterocycles. The van der Waals surface area contributed by atoms with Crippen LogP contribution in [0.3, 0.4) is 0 Å². The van der Waals surface area contributed by atoms with Crippen LogP contribution in [0.15, 0.2) is 18.2 Å². The van der Waals surface area contributed by atoms with Crippen molar-refractivity contribution in [3.63, 3.8) is 0 Å². The molecule has 1 aromatic carbocycles. The second-order valence-electron chi connectivity index (χ2n) is 10.5. The minimum Gasteiger partial charge on any atom is -0.488 e. The summed E-state index contributed by atoms with van der Waals surface area (Å²) in [6.07, 6.45) is 4.59. The molecule has 1 aromatic rings. The summed E-state index contributed by atoms with van der Waals surface area (Å²) in [5, 5.41) is 9.46. The normalized spacial score (nSPS) is 22.0. The number of likely N-dealkylation sites (tertiary alicyclic amines) is 1. The van der Waals surface area contributed by atoms with Gasteiger partial charge in [0.2, 0.25) is 0 Å². The van der Waals surface area contributed by atoms with Crippen LogP contribution in [0.5, 0.6) is 5.75 Å². The third-order valence-electron chi connectivity index (χ3n) is 6.13. The predicted molar refractivity (Wildman–Crippen MR) is 115 cm³/mol. The Hall–Kier alpha value is -2.24. The molecule has 1 unspecified atom stereocenters. The monoisotopic (exact) mass is 417 g/mol. The number of hydrogen-bond acceptors (Lipinski definition) is 4. The first-order valence-electron chi connectivity index (χ1n) is 11.0. The molecule has 1 aliphatic carbocycles. The number of carboxylic acid groups (broad SMARTS) is 1. The Bertz CT molecular complexity index is 785. The smallest absolute Gasteiger partial charge is 0.410 e. The molecule has 6 nitrogen and oxygen atoms in total. The van der Waals surface area contributed by atoms with Gasteiger partial charge in [0.05, 0.1) is 12.1 Å². The van der Waals surface area contributed by atoms with Crippen LogP contribution in [-0.4, -0.2) is 46.9 Å². The molecule has 1 aliphatic heterocycles. The number of carbonyl (C=O) groups excluding carboxylic acids is 1. The van der Waals surface area contributed by atoms with E-state index in [1.165, 1.54) is 0 Å². The Labute approximate surface area is 179 Å². The largest absolute Gasteiger partial charge is 0.488 e. The molecule has 30 heavy (non-hydrogen) atoms. The van der Waals surface area contributed by atoms with E-state index in [4.69, 9.17) is 9.47 Å². The van der Waals surface area contributed by atoms with Crippen LogP contribution in [0.4, 0.5) is 4.79 Å². The average molecular weight is 418 g/mol. The molecule has 0 bridgehead atoms. The highest BCUT2D eigenvalue weighted by Crippen LogP contribution is 2.45. The maximum absolute atomic E-state index is 12.3. The van der Waals surface area contributed by atoms with Gasteiger partial charge in [-0.05, 0) is 81.5 Å². The molecule has 0 spiro atoms. The van der Waals surface area contributed by atoms with Crippen molar-refractivity contribution in [2.24, 2.45) is 5.41 Å². The number of aromatic carboxylic acids is 1.